The number of ether oxygens (including phenoxy) is 1. The number of carbonyl (C=O) groups is 2. The van der Waals surface area contributed by atoms with Crippen molar-refractivity contribution < 1.29 is 19.4 Å². The van der Waals surface area contributed by atoms with Gasteiger partial charge in [0.15, 0.2) is 0 Å². The van der Waals surface area contributed by atoms with E-state index >= 15 is 0 Å². The van der Waals surface area contributed by atoms with Gasteiger partial charge in [0.05, 0.1) is 24.6 Å². The SMILES string of the molecule is C[C@@H](c1ccccc1)N1C[C@]23C=C[C@@H](O2)[C@H](C(=O)O)[C@@H]3C1=O. The van der Waals surface area contributed by atoms with Crippen LogP contribution in [0.3, 0.4) is 0 Å². The van der Waals surface area contributed by atoms with Crippen molar-refractivity contribution in [3.8, 4) is 0 Å². The van der Waals surface area contributed by atoms with Crippen LogP contribution in [0.5, 0.6) is 0 Å². The van der Waals surface area contributed by atoms with E-state index in [1.807, 2.05) is 43.3 Å². The summed E-state index contributed by atoms with van der Waals surface area (Å²) < 4.78 is 5.89. The second-order valence-electron chi connectivity index (χ2n) is 6.29. The summed E-state index contributed by atoms with van der Waals surface area (Å²) in [5.74, 6) is -2.45. The summed E-state index contributed by atoms with van der Waals surface area (Å²) in [6.45, 7) is 2.39. The summed E-state index contributed by atoms with van der Waals surface area (Å²) in [5.41, 5.74) is 0.283. The number of fused-ring (bicyclic) bond motifs is 1. The number of likely N-dealkylation sites (tertiary alicyclic amines) is 1. The average Bonchev–Trinajstić information content (AvgIpc) is 3.15. The lowest BCUT2D eigenvalue weighted by molar-refractivity contribution is -0.148. The molecule has 1 amide bonds. The lowest BCUT2D eigenvalue weighted by Crippen LogP contribution is -2.39. The molecular formula is C17H17NO4. The molecule has 2 bridgehead atoms. The minimum Gasteiger partial charge on any atom is -0.481 e. The maximum Gasteiger partial charge on any atom is 0.310 e. The summed E-state index contributed by atoms with van der Waals surface area (Å²) in [7, 11) is 0. The highest BCUT2D eigenvalue weighted by Crippen LogP contribution is 2.53. The molecule has 114 valence electrons. The molecule has 3 heterocycles. The van der Waals surface area contributed by atoms with Crippen LogP contribution in [0.1, 0.15) is 18.5 Å². The van der Waals surface area contributed by atoms with Gasteiger partial charge in [-0.05, 0) is 12.5 Å². The highest BCUT2D eigenvalue weighted by atomic mass is 16.5. The topological polar surface area (TPSA) is 66.8 Å². The van der Waals surface area contributed by atoms with E-state index in [0.717, 1.165) is 5.56 Å². The molecule has 0 aromatic heterocycles. The zero-order valence-corrected chi connectivity index (χ0v) is 12.2. The third kappa shape index (κ3) is 1.63. The molecule has 2 fully saturated rings. The number of benzene rings is 1. The van der Waals surface area contributed by atoms with Gasteiger partial charge in [0.1, 0.15) is 11.5 Å². The number of hydrogen-bond donors (Lipinski definition) is 1. The molecule has 4 rings (SSSR count). The summed E-state index contributed by atoms with van der Waals surface area (Å²) in [5, 5.41) is 9.45. The van der Waals surface area contributed by atoms with Crippen LogP contribution in [0.2, 0.25) is 0 Å². The number of amides is 1. The first kappa shape index (κ1) is 13.5. The zero-order chi connectivity index (χ0) is 15.5. The smallest absolute Gasteiger partial charge is 0.310 e. The van der Waals surface area contributed by atoms with Crippen LogP contribution < -0.4 is 0 Å². The molecule has 2 saturated heterocycles. The second-order valence-corrected chi connectivity index (χ2v) is 6.29. The fraction of sp³-hybridized carbons (Fsp3) is 0.412. The molecule has 1 N–H and O–H groups in total. The van der Waals surface area contributed by atoms with E-state index < -0.39 is 29.5 Å². The maximum atomic E-state index is 12.8. The van der Waals surface area contributed by atoms with Crippen LogP contribution in [0.15, 0.2) is 42.5 Å². The van der Waals surface area contributed by atoms with Crippen LogP contribution in [-0.2, 0) is 14.3 Å². The summed E-state index contributed by atoms with van der Waals surface area (Å²) in [6, 6.07) is 9.67. The molecule has 0 radical (unpaired) electrons. The Morgan fingerprint density at radius 1 is 1.41 bits per heavy atom. The lowest BCUT2D eigenvalue weighted by Gasteiger charge is -2.27. The lowest BCUT2D eigenvalue weighted by atomic mass is 9.77. The minimum atomic E-state index is -0.955. The number of rotatable bonds is 3. The Bertz CT molecular complexity index is 670. The predicted molar refractivity (Wildman–Crippen MR) is 77.9 cm³/mol. The first-order valence-electron chi connectivity index (χ1n) is 7.49. The quantitative estimate of drug-likeness (QED) is 0.861. The molecule has 22 heavy (non-hydrogen) atoms. The van der Waals surface area contributed by atoms with Crippen molar-refractivity contribution in [2.75, 3.05) is 6.54 Å². The van der Waals surface area contributed by atoms with E-state index in [9.17, 15) is 14.7 Å². The first-order valence-corrected chi connectivity index (χ1v) is 7.49. The van der Waals surface area contributed by atoms with Crippen LogP contribution >= 0.6 is 0 Å². The molecule has 5 nitrogen and oxygen atoms in total. The zero-order valence-electron chi connectivity index (χ0n) is 12.2. The summed E-state index contributed by atoms with van der Waals surface area (Å²) >= 11 is 0. The van der Waals surface area contributed by atoms with Crippen molar-refractivity contribution in [3.05, 3.63) is 48.0 Å². The van der Waals surface area contributed by atoms with Crippen LogP contribution in [-0.4, -0.2) is 40.1 Å². The molecule has 3 aliphatic rings. The Labute approximate surface area is 128 Å². The van der Waals surface area contributed by atoms with Gasteiger partial charge in [-0.2, -0.15) is 0 Å². The van der Waals surface area contributed by atoms with Crippen molar-refractivity contribution in [3.63, 3.8) is 0 Å². The summed E-state index contributed by atoms with van der Waals surface area (Å²) in [4.78, 5) is 26.1. The van der Waals surface area contributed by atoms with Crippen LogP contribution in [0, 0.1) is 11.8 Å². The number of nitrogens with zero attached hydrogens (tertiary/aromatic N) is 1. The Balaban J connectivity index is 1.68. The normalized spacial score (nSPS) is 36.7. The third-order valence-electron chi connectivity index (χ3n) is 5.16. The van der Waals surface area contributed by atoms with Gasteiger partial charge in [0.25, 0.3) is 0 Å². The molecule has 3 aliphatic heterocycles. The van der Waals surface area contributed by atoms with E-state index in [4.69, 9.17) is 4.74 Å². The maximum absolute atomic E-state index is 12.8. The first-order chi connectivity index (χ1) is 10.5. The predicted octanol–water partition coefficient (Wildman–Crippen LogP) is 1.61. The van der Waals surface area contributed by atoms with Gasteiger partial charge in [-0.3, -0.25) is 9.59 Å². The number of carbonyl (C=O) groups excluding carboxylic acids is 1. The number of hydrogen-bond acceptors (Lipinski definition) is 3. The molecule has 5 heteroatoms. The van der Waals surface area contributed by atoms with Gasteiger partial charge < -0.3 is 14.7 Å². The second kappa shape index (κ2) is 4.43. The van der Waals surface area contributed by atoms with Crippen molar-refractivity contribution in [1.82, 2.24) is 4.90 Å². The van der Waals surface area contributed by atoms with E-state index in [1.54, 1.807) is 11.0 Å². The van der Waals surface area contributed by atoms with E-state index in [0.29, 0.717) is 6.54 Å². The fourth-order valence-electron chi connectivity index (χ4n) is 4.05. The highest BCUT2D eigenvalue weighted by Gasteiger charge is 2.67. The molecule has 0 saturated carbocycles. The summed E-state index contributed by atoms with van der Waals surface area (Å²) in [6.07, 6.45) is 3.21. The highest BCUT2D eigenvalue weighted by molar-refractivity contribution is 5.91. The third-order valence-corrected chi connectivity index (χ3v) is 5.16. The molecule has 1 aromatic carbocycles. The van der Waals surface area contributed by atoms with Crippen molar-refractivity contribution in [2.24, 2.45) is 11.8 Å². The van der Waals surface area contributed by atoms with E-state index in [1.165, 1.54) is 0 Å². The monoisotopic (exact) mass is 299 g/mol. The van der Waals surface area contributed by atoms with Crippen LogP contribution in [0.25, 0.3) is 0 Å². The number of aliphatic carboxylic acids is 1. The van der Waals surface area contributed by atoms with Gasteiger partial charge >= 0.3 is 5.97 Å². The number of carboxylic acid groups (broad SMARTS) is 1. The molecule has 5 atom stereocenters. The Morgan fingerprint density at radius 3 is 2.82 bits per heavy atom. The molecule has 0 unspecified atom stereocenters. The minimum absolute atomic E-state index is 0.0980. The standard InChI is InChI=1S/C17H17NO4/c1-10(11-5-3-2-4-6-11)18-9-17-8-7-12(22-17)13(16(20)21)14(17)15(18)19/h2-8,10,12-14H,9H2,1H3,(H,20,21)/t10-,12+,13-,14+,17-/m0/s1. The average molecular weight is 299 g/mol. The van der Waals surface area contributed by atoms with Gasteiger partial charge in [-0.15, -0.1) is 0 Å². The van der Waals surface area contributed by atoms with E-state index in [-0.39, 0.29) is 11.9 Å². The molecule has 0 aliphatic carbocycles. The van der Waals surface area contributed by atoms with Crippen molar-refractivity contribution >= 4 is 11.9 Å². The molecule has 1 spiro atoms. The largest absolute Gasteiger partial charge is 0.481 e. The van der Waals surface area contributed by atoms with Crippen LogP contribution in [0.4, 0.5) is 0 Å². The van der Waals surface area contributed by atoms with Crippen molar-refractivity contribution in [2.45, 2.75) is 24.7 Å². The molecule has 1 aromatic rings. The Hall–Kier alpha value is -2.14. The van der Waals surface area contributed by atoms with Gasteiger partial charge in [-0.1, -0.05) is 42.5 Å². The molecular weight excluding hydrogens is 282 g/mol. The van der Waals surface area contributed by atoms with Crippen molar-refractivity contribution in [1.29, 1.82) is 0 Å². The van der Waals surface area contributed by atoms with Gasteiger partial charge in [0, 0.05) is 0 Å². The van der Waals surface area contributed by atoms with E-state index in [2.05, 4.69) is 0 Å². The fourth-order valence-corrected chi connectivity index (χ4v) is 4.05. The van der Waals surface area contributed by atoms with Gasteiger partial charge in [-0.25, -0.2) is 0 Å². The van der Waals surface area contributed by atoms with Gasteiger partial charge in [0.2, 0.25) is 5.91 Å². The Kier molecular flexibility index (Phi) is 2.72. The Morgan fingerprint density at radius 2 is 2.14 bits per heavy atom. The number of carboxylic acids is 1.